The highest BCUT2D eigenvalue weighted by atomic mass is 19.4. The molecule has 0 atom stereocenters. The van der Waals surface area contributed by atoms with Crippen molar-refractivity contribution in [1.29, 1.82) is 0 Å². The highest BCUT2D eigenvalue weighted by Crippen LogP contribution is 2.33. The number of halogens is 3. The van der Waals surface area contributed by atoms with Crippen LogP contribution in [0.3, 0.4) is 0 Å². The fourth-order valence-electron chi connectivity index (χ4n) is 6.44. The van der Waals surface area contributed by atoms with E-state index in [0.29, 0.717) is 31.0 Å². The monoisotopic (exact) mass is 562 g/mol. The standard InChI is InChI=1S/C35H41F3N2O/c1-26-7-2-3-9-31(26)24-39-19-15-27(16-20-39)8-6-12-34(41)30-14-13-28-17-21-40(22-18-29(28)23-30)25-32-10-4-5-11-33(32)35(36,37)38/h2-5,7,9-11,13-14,23,27H,6,8,12,15-22,24-25H2,1H3. The number of carbonyl (C=O) groups is 1. The van der Waals surface area contributed by atoms with Gasteiger partial charge in [-0.25, -0.2) is 0 Å². The number of rotatable bonds is 9. The van der Waals surface area contributed by atoms with Crippen LogP contribution in [0.15, 0.2) is 66.7 Å². The average Bonchev–Trinajstić information content (AvgIpc) is 3.16. The largest absolute Gasteiger partial charge is 0.416 e. The minimum absolute atomic E-state index is 0.199. The minimum atomic E-state index is -4.35. The SMILES string of the molecule is Cc1ccccc1CN1CCC(CCCC(=O)c2ccc3c(c2)CCN(Cc2ccccc2C(F)(F)F)CC3)CC1. The van der Waals surface area contributed by atoms with Gasteiger partial charge in [0.1, 0.15) is 0 Å². The van der Waals surface area contributed by atoms with E-state index in [1.807, 2.05) is 12.1 Å². The molecule has 0 saturated carbocycles. The van der Waals surface area contributed by atoms with Gasteiger partial charge in [-0.3, -0.25) is 14.6 Å². The number of fused-ring (bicyclic) bond motifs is 1. The number of ketones is 1. The van der Waals surface area contributed by atoms with Crippen molar-refractivity contribution in [2.45, 2.75) is 71.1 Å². The first-order chi connectivity index (χ1) is 19.8. The summed E-state index contributed by atoms with van der Waals surface area (Å²) in [6.07, 6.45) is 2.16. The van der Waals surface area contributed by atoms with Crippen LogP contribution < -0.4 is 0 Å². The maximum absolute atomic E-state index is 13.5. The molecule has 6 heteroatoms. The molecule has 3 aromatic carbocycles. The predicted octanol–water partition coefficient (Wildman–Crippen LogP) is 7.88. The van der Waals surface area contributed by atoms with Gasteiger partial charge in [0, 0.05) is 38.2 Å². The Labute approximate surface area is 242 Å². The molecule has 0 unspecified atom stereocenters. The summed E-state index contributed by atoms with van der Waals surface area (Å²) in [6, 6.07) is 20.5. The summed E-state index contributed by atoms with van der Waals surface area (Å²) in [4.78, 5) is 17.7. The first kappa shape index (κ1) is 29.5. The molecule has 0 spiro atoms. The lowest BCUT2D eigenvalue weighted by atomic mass is 9.90. The quantitative estimate of drug-likeness (QED) is 0.248. The van der Waals surface area contributed by atoms with Crippen molar-refractivity contribution in [2.75, 3.05) is 26.2 Å². The third-order valence-electron chi connectivity index (χ3n) is 9.02. The molecular weight excluding hydrogens is 521 g/mol. The Morgan fingerprint density at radius 3 is 2.17 bits per heavy atom. The van der Waals surface area contributed by atoms with Crippen molar-refractivity contribution in [3.63, 3.8) is 0 Å². The number of hydrogen-bond acceptors (Lipinski definition) is 3. The van der Waals surface area contributed by atoms with Gasteiger partial charge >= 0.3 is 6.18 Å². The maximum Gasteiger partial charge on any atom is 0.416 e. The Balaban J connectivity index is 1.08. The van der Waals surface area contributed by atoms with E-state index in [0.717, 1.165) is 62.5 Å². The van der Waals surface area contributed by atoms with E-state index in [4.69, 9.17) is 0 Å². The van der Waals surface area contributed by atoms with Crippen LogP contribution in [-0.4, -0.2) is 41.8 Å². The fraction of sp³-hybridized carbons (Fsp3) is 0.457. The molecule has 218 valence electrons. The molecule has 2 aliphatic rings. The Morgan fingerprint density at radius 2 is 1.44 bits per heavy atom. The van der Waals surface area contributed by atoms with Gasteiger partial charge in [0.25, 0.3) is 0 Å². The lowest BCUT2D eigenvalue weighted by Crippen LogP contribution is -2.33. The Kier molecular flexibility index (Phi) is 9.61. The highest BCUT2D eigenvalue weighted by Gasteiger charge is 2.33. The second-order valence-corrected chi connectivity index (χ2v) is 11.9. The summed E-state index contributed by atoms with van der Waals surface area (Å²) in [5, 5.41) is 0. The molecule has 2 heterocycles. The van der Waals surface area contributed by atoms with Gasteiger partial charge in [-0.05, 0) is 104 Å². The van der Waals surface area contributed by atoms with Crippen LogP contribution in [0.5, 0.6) is 0 Å². The van der Waals surface area contributed by atoms with Gasteiger partial charge < -0.3 is 0 Å². The van der Waals surface area contributed by atoms with Crippen LogP contribution in [0.1, 0.15) is 75.8 Å². The zero-order valence-corrected chi connectivity index (χ0v) is 24.1. The molecule has 0 aliphatic carbocycles. The van der Waals surface area contributed by atoms with Gasteiger partial charge in [0.05, 0.1) is 5.56 Å². The Bertz CT molecular complexity index is 1330. The van der Waals surface area contributed by atoms with E-state index in [9.17, 15) is 18.0 Å². The number of aryl methyl sites for hydroxylation is 1. The third kappa shape index (κ3) is 7.87. The molecule has 0 aromatic heterocycles. The summed E-state index contributed by atoms with van der Waals surface area (Å²) in [6.45, 7) is 7.11. The molecular formula is C35H41F3N2O. The second-order valence-electron chi connectivity index (χ2n) is 11.9. The van der Waals surface area contributed by atoms with Gasteiger partial charge in [-0.2, -0.15) is 13.2 Å². The number of hydrogen-bond donors (Lipinski definition) is 0. The zero-order chi connectivity index (χ0) is 28.8. The molecule has 5 rings (SSSR count). The first-order valence-corrected chi connectivity index (χ1v) is 15.1. The molecule has 41 heavy (non-hydrogen) atoms. The number of benzene rings is 3. The summed E-state index contributed by atoms with van der Waals surface area (Å²) >= 11 is 0. The zero-order valence-electron chi connectivity index (χ0n) is 24.1. The van der Waals surface area contributed by atoms with Crippen LogP contribution in [0.4, 0.5) is 13.2 Å². The number of likely N-dealkylation sites (tertiary alicyclic amines) is 1. The number of Topliss-reactive ketones (excluding diaryl/α,β-unsaturated/α-hetero) is 1. The van der Waals surface area contributed by atoms with Crippen LogP contribution in [-0.2, 0) is 32.1 Å². The van der Waals surface area contributed by atoms with E-state index in [2.05, 4.69) is 47.1 Å². The predicted molar refractivity (Wildman–Crippen MR) is 158 cm³/mol. The van der Waals surface area contributed by atoms with E-state index >= 15 is 0 Å². The molecule has 3 nitrogen and oxygen atoms in total. The number of piperidine rings is 1. The van der Waals surface area contributed by atoms with Crippen LogP contribution in [0, 0.1) is 12.8 Å². The normalized spacial score (nSPS) is 17.3. The van der Waals surface area contributed by atoms with Crippen LogP contribution in [0.25, 0.3) is 0 Å². The Hall–Kier alpha value is -2.96. The van der Waals surface area contributed by atoms with Crippen molar-refractivity contribution < 1.29 is 18.0 Å². The molecule has 3 aromatic rings. The van der Waals surface area contributed by atoms with E-state index in [1.165, 1.54) is 35.6 Å². The third-order valence-corrected chi connectivity index (χ3v) is 9.02. The van der Waals surface area contributed by atoms with Gasteiger partial charge in [-0.1, -0.05) is 54.6 Å². The summed E-state index contributed by atoms with van der Waals surface area (Å²) in [7, 11) is 0. The van der Waals surface area contributed by atoms with E-state index in [-0.39, 0.29) is 12.3 Å². The van der Waals surface area contributed by atoms with Crippen molar-refractivity contribution in [3.05, 3.63) is 106 Å². The molecule has 1 saturated heterocycles. The summed E-state index contributed by atoms with van der Waals surface area (Å²) in [5.74, 6) is 0.890. The summed E-state index contributed by atoms with van der Waals surface area (Å²) in [5.41, 5.74) is 5.66. The van der Waals surface area contributed by atoms with Crippen molar-refractivity contribution in [1.82, 2.24) is 9.80 Å². The molecule has 0 N–H and O–H groups in total. The molecule has 2 aliphatic heterocycles. The average molecular weight is 563 g/mol. The Morgan fingerprint density at radius 1 is 0.805 bits per heavy atom. The second kappa shape index (κ2) is 13.3. The van der Waals surface area contributed by atoms with Gasteiger partial charge in [-0.15, -0.1) is 0 Å². The highest BCUT2D eigenvalue weighted by molar-refractivity contribution is 5.96. The molecule has 0 radical (unpaired) electrons. The molecule has 0 amide bonds. The van der Waals surface area contributed by atoms with Crippen molar-refractivity contribution >= 4 is 5.78 Å². The molecule has 0 bridgehead atoms. The van der Waals surface area contributed by atoms with Gasteiger partial charge in [0.15, 0.2) is 5.78 Å². The minimum Gasteiger partial charge on any atom is -0.299 e. The number of alkyl halides is 3. The fourth-order valence-corrected chi connectivity index (χ4v) is 6.44. The topological polar surface area (TPSA) is 23.6 Å². The van der Waals surface area contributed by atoms with E-state index in [1.54, 1.807) is 12.1 Å². The van der Waals surface area contributed by atoms with Crippen molar-refractivity contribution in [2.24, 2.45) is 5.92 Å². The van der Waals surface area contributed by atoms with Crippen molar-refractivity contribution in [3.8, 4) is 0 Å². The smallest absolute Gasteiger partial charge is 0.299 e. The van der Waals surface area contributed by atoms with Crippen LogP contribution >= 0.6 is 0 Å². The van der Waals surface area contributed by atoms with Crippen LogP contribution in [0.2, 0.25) is 0 Å². The lowest BCUT2D eigenvalue weighted by Gasteiger charge is -2.32. The first-order valence-electron chi connectivity index (χ1n) is 15.1. The van der Waals surface area contributed by atoms with Gasteiger partial charge in [0.2, 0.25) is 0 Å². The number of carbonyl (C=O) groups excluding carboxylic acids is 1. The lowest BCUT2D eigenvalue weighted by molar-refractivity contribution is -0.138. The maximum atomic E-state index is 13.5. The number of nitrogens with zero attached hydrogens (tertiary/aromatic N) is 2. The van der Waals surface area contributed by atoms with E-state index < -0.39 is 11.7 Å². The summed E-state index contributed by atoms with van der Waals surface area (Å²) < 4.78 is 40.4. The molecule has 1 fully saturated rings.